The second-order valence-corrected chi connectivity index (χ2v) is 3.91. The van der Waals surface area contributed by atoms with Crippen molar-refractivity contribution in [2.24, 2.45) is 0 Å². The molecule has 0 saturated carbocycles. The average Bonchev–Trinajstić information content (AvgIpc) is 2.52. The van der Waals surface area contributed by atoms with Crippen LogP contribution < -0.4 is 9.47 Å². The van der Waals surface area contributed by atoms with Crippen molar-refractivity contribution in [2.45, 2.75) is 6.61 Å². The normalized spacial score (nSPS) is 9.60. The van der Waals surface area contributed by atoms with Gasteiger partial charge in [0.05, 0.1) is 12.7 Å². The van der Waals surface area contributed by atoms with E-state index in [1.807, 2.05) is 0 Å². The number of hydrogen-bond donors (Lipinski definition) is 0. The number of aromatic nitrogens is 1. The van der Waals surface area contributed by atoms with Crippen molar-refractivity contribution >= 4 is 12.1 Å². The standard InChI is InChI=1S/C15H12N2O3/c1-16-15-11(4-3-7-17-15)10-20-14-6-5-13(19-2)8-12(14)9-18/h3-9H,10H2,2H3. The van der Waals surface area contributed by atoms with Gasteiger partial charge in [-0.15, -0.1) is 4.98 Å². The van der Waals surface area contributed by atoms with E-state index in [4.69, 9.17) is 16.0 Å². The van der Waals surface area contributed by atoms with E-state index in [2.05, 4.69) is 9.83 Å². The predicted octanol–water partition coefficient (Wildman–Crippen LogP) is 3.03. The molecular formula is C15H12N2O3. The molecule has 1 heterocycles. The first-order chi connectivity index (χ1) is 9.78. The van der Waals surface area contributed by atoms with Crippen LogP contribution in [-0.2, 0) is 6.61 Å². The molecule has 1 aromatic heterocycles. The molecule has 5 heteroatoms. The molecule has 0 aliphatic carbocycles. The fraction of sp³-hybridized carbons (Fsp3) is 0.133. The number of aldehydes is 1. The first kappa shape index (κ1) is 13.6. The SMILES string of the molecule is [C-]#[N+]c1ncccc1COc1ccc(OC)cc1C=O. The van der Waals surface area contributed by atoms with Crippen molar-refractivity contribution < 1.29 is 14.3 Å². The van der Waals surface area contributed by atoms with Gasteiger partial charge in [0.25, 0.3) is 5.82 Å². The Hall–Kier alpha value is -2.87. The third kappa shape index (κ3) is 2.93. The van der Waals surface area contributed by atoms with Crippen LogP contribution in [0.3, 0.4) is 0 Å². The van der Waals surface area contributed by atoms with Gasteiger partial charge in [0, 0.05) is 5.56 Å². The van der Waals surface area contributed by atoms with E-state index in [-0.39, 0.29) is 6.61 Å². The molecule has 0 aliphatic heterocycles. The Morgan fingerprint density at radius 1 is 1.40 bits per heavy atom. The highest BCUT2D eigenvalue weighted by molar-refractivity contribution is 5.80. The summed E-state index contributed by atoms with van der Waals surface area (Å²) in [7, 11) is 1.53. The Kier molecular flexibility index (Phi) is 4.30. The largest absolute Gasteiger partial charge is 0.497 e. The summed E-state index contributed by atoms with van der Waals surface area (Å²) in [5, 5.41) is 0. The predicted molar refractivity (Wildman–Crippen MR) is 73.2 cm³/mol. The van der Waals surface area contributed by atoms with Crippen molar-refractivity contribution in [3.63, 3.8) is 0 Å². The fourth-order valence-corrected chi connectivity index (χ4v) is 1.68. The lowest BCUT2D eigenvalue weighted by Crippen LogP contribution is -1.99. The molecular weight excluding hydrogens is 256 g/mol. The molecule has 2 rings (SSSR count). The number of nitrogens with zero attached hydrogens (tertiary/aromatic N) is 2. The minimum absolute atomic E-state index is 0.179. The zero-order valence-corrected chi connectivity index (χ0v) is 10.9. The number of pyridine rings is 1. The van der Waals surface area contributed by atoms with E-state index >= 15 is 0 Å². The van der Waals surface area contributed by atoms with Crippen LogP contribution >= 0.6 is 0 Å². The lowest BCUT2D eigenvalue weighted by molar-refractivity contribution is 0.111. The number of hydrogen-bond acceptors (Lipinski definition) is 4. The van der Waals surface area contributed by atoms with Gasteiger partial charge in [0.2, 0.25) is 0 Å². The maximum Gasteiger partial charge on any atom is 0.276 e. The Bertz CT molecular complexity index is 662. The number of carbonyl (C=O) groups excluding carboxylic acids is 1. The van der Waals surface area contributed by atoms with Crippen molar-refractivity contribution in [3.8, 4) is 11.5 Å². The third-order valence-corrected chi connectivity index (χ3v) is 2.70. The summed E-state index contributed by atoms with van der Waals surface area (Å²) in [4.78, 5) is 18.3. The van der Waals surface area contributed by atoms with Gasteiger partial charge in [-0.05, 0) is 24.3 Å². The molecule has 0 bridgehead atoms. The van der Waals surface area contributed by atoms with Crippen molar-refractivity contribution in [1.29, 1.82) is 0 Å². The van der Waals surface area contributed by atoms with Gasteiger partial charge >= 0.3 is 0 Å². The second kappa shape index (κ2) is 6.34. The second-order valence-electron chi connectivity index (χ2n) is 3.91. The van der Waals surface area contributed by atoms with Crippen LogP contribution in [0.5, 0.6) is 11.5 Å². The van der Waals surface area contributed by atoms with Crippen LogP contribution in [0.4, 0.5) is 5.82 Å². The molecule has 0 radical (unpaired) electrons. The van der Waals surface area contributed by atoms with Crippen LogP contribution in [0.25, 0.3) is 4.85 Å². The first-order valence-electron chi connectivity index (χ1n) is 5.86. The molecule has 0 spiro atoms. The number of rotatable bonds is 5. The molecule has 2 aromatic rings. The zero-order chi connectivity index (χ0) is 14.4. The molecule has 0 fully saturated rings. The monoisotopic (exact) mass is 268 g/mol. The van der Waals surface area contributed by atoms with Gasteiger partial charge in [0.1, 0.15) is 24.3 Å². The maximum absolute atomic E-state index is 11.0. The first-order valence-corrected chi connectivity index (χ1v) is 5.86. The highest BCUT2D eigenvalue weighted by Crippen LogP contribution is 2.24. The molecule has 0 N–H and O–H groups in total. The lowest BCUT2D eigenvalue weighted by Gasteiger charge is -2.10. The molecule has 5 nitrogen and oxygen atoms in total. The maximum atomic E-state index is 11.0. The minimum Gasteiger partial charge on any atom is -0.497 e. The minimum atomic E-state index is 0.179. The van der Waals surface area contributed by atoms with E-state index in [9.17, 15) is 4.79 Å². The van der Waals surface area contributed by atoms with Crippen LogP contribution in [0, 0.1) is 6.57 Å². The molecule has 0 aliphatic rings. The van der Waals surface area contributed by atoms with Crippen LogP contribution in [0.15, 0.2) is 36.5 Å². The number of carbonyl (C=O) groups is 1. The van der Waals surface area contributed by atoms with E-state index in [1.54, 1.807) is 36.5 Å². The number of benzene rings is 1. The van der Waals surface area contributed by atoms with Crippen molar-refractivity contribution in [1.82, 2.24) is 4.98 Å². The lowest BCUT2D eigenvalue weighted by atomic mass is 10.2. The van der Waals surface area contributed by atoms with E-state index in [0.29, 0.717) is 34.7 Å². The van der Waals surface area contributed by atoms with Crippen LogP contribution in [-0.4, -0.2) is 18.4 Å². The zero-order valence-electron chi connectivity index (χ0n) is 10.9. The highest BCUT2D eigenvalue weighted by atomic mass is 16.5. The summed E-state index contributed by atoms with van der Waals surface area (Å²) in [6.45, 7) is 7.21. The summed E-state index contributed by atoms with van der Waals surface area (Å²) in [5.74, 6) is 1.33. The Labute approximate surface area is 116 Å². The number of methoxy groups -OCH3 is 1. The number of ether oxygens (including phenoxy) is 2. The smallest absolute Gasteiger partial charge is 0.276 e. The van der Waals surface area contributed by atoms with Gasteiger partial charge in [-0.1, -0.05) is 12.6 Å². The van der Waals surface area contributed by atoms with Gasteiger partial charge in [-0.2, -0.15) is 0 Å². The molecule has 100 valence electrons. The van der Waals surface area contributed by atoms with Crippen LogP contribution in [0.1, 0.15) is 15.9 Å². The van der Waals surface area contributed by atoms with Gasteiger partial charge in [-0.25, -0.2) is 0 Å². The van der Waals surface area contributed by atoms with E-state index in [1.165, 1.54) is 7.11 Å². The third-order valence-electron chi connectivity index (χ3n) is 2.70. The molecule has 0 unspecified atom stereocenters. The van der Waals surface area contributed by atoms with Gasteiger partial charge in [-0.3, -0.25) is 4.79 Å². The molecule has 0 amide bonds. The Morgan fingerprint density at radius 3 is 2.95 bits per heavy atom. The van der Waals surface area contributed by atoms with E-state index in [0.717, 1.165) is 0 Å². The van der Waals surface area contributed by atoms with Crippen molar-refractivity contribution in [3.05, 3.63) is 59.1 Å². The molecule has 1 aromatic carbocycles. The average molecular weight is 268 g/mol. The quantitative estimate of drug-likeness (QED) is 0.618. The summed E-state index contributed by atoms with van der Waals surface area (Å²) >= 11 is 0. The molecule has 0 atom stereocenters. The summed E-state index contributed by atoms with van der Waals surface area (Å²) in [5.41, 5.74) is 1.08. The molecule has 20 heavy (non-hydrogen) atoms. The van der Waals surface area contributed by atoms with E-state index < -0.39 is 0 Å². The van der Waals surface area contributed by atoms with Gasteiger partial charge in [0.15, 0.2) is 6.29 Å². The fourth-order valence-electron chi connectivity index (χ4n) is 1.68. The van der Waals surface area contributed by atoms with Crippen LogP contribution in [0.2, 0.25) is 0 Å². The molecule has 0 saturated heterocycles. The topological polar surface area (TPSA) is 52.8 Å². The Morgan fingerprint density at radius 2 is 2.25 bits per heavy atom. The highest BCUT2D eigenvalue weighted by Gasteiger charge is 2.08. The van der Waals surface area contributed by atoms with Crippen molar-refractivity contribution in [2.75, 3.05) is 7.11 Å². The Balaban J connectivity index is 2.19. The summed E-state index contributed by atoms with van der Waals surface area (Å²) < 4.78 is 10.6. The summed E-state index contributed by atoms with van der Waals surface area (Å²) in [6.07, 6.45) is 2.26. The van der Waals surface area contributed by atoms with Gasteiger partial charge < -0.3 is 14.3 Å². The summed E-state index contributed by atoms with van der Waals surface area (Å²) in [6, 6.07) is 8.48.